The molecule has 0 bridgehead atoms. The van der Waals surface area contributed by atoms with Crippen molar-refractivity contribution in [2.75, 3.05) is 4.90 Å². The summed E-state index contributed by atoms with van der Waals surface area (Å²) >= 11 is 1.26. The van der Waals surface area contributed by atoms with Crippen LogP contribution in [0.1, 0.15) is 30.5 Å². The zero-order valence-electron chi connectivity index (χ0n) is 13.5. The molecule has 0 unspecified atom stereocenters. The van der Waals surface area contributed by atoms with Gasteiger partial charge in [-0.1, -0.05) is 36.4 Å². The van der Waals surface area contributed by atoms with E-state index in [4.69, 9.17) is 0 Å². The van der Waals surface area contributed by atoms with Gasteiger partial charge in [-0.3, -0.25) is 9.59 Å². The Balaban J connectivity index is 2.13. The lowest BCUT2D eigenvalue weighted by molar-refractivity contribution is 0.0897. The predicted molar refractivity (Wildman–Crippen MR) is 97.8 cm³/mol. The predicted octanol–water partition coefficient (Wildman–Crippen LogP) is 4.42. The molecule has 5 heteroatoms. The molecule has 0 atom stereocenters. The van der Waals surface area contributed by atoms with E-state index in [0.29, 0.717) is 21.7 Å². The Morgan fingerprint density at radius 3 is 1.84 bits per heavy atom. The van der Waals surface area contributed by atoms with E-state index in [1.54, 1.807) is 66.7 Å². The zero-order valence-corrected chi connectivity index (χ0v) is 14.3. The van der Waals surface area contributed by atoms with Gasteiger partial charge in [0.25, 0.3) is 11.8 Å². The van der Waals surface area contributed by atoms with Crippen LogP contribution in [0.4, 0.5) is 5.69 Å². The van der Waals surface area contributed by atoms with Gasteiger partial charge in [0.15, 0.2) is 0 Å². The number of carbonyl (C=O) groups is 2. The highest BCUT2D eigenvalue weighted by molar-refractivity contribution is 7.13. The second-order valence-corrected chi connectivity index (χ2v) is 6.62. The van der Waals surface area contributed by atoms with Crippen molar-refractivity contribution in [1.82, 2.24) is 0 Å². The molecule has 0 saturated carbocycles. The molecule has 0 aliphatic rings. The molecule has 0 aliphatic heterocycles. The lowest BCUT2D eigenvalue weighted by atomic mass is 10.1. The van der Waals surface area contributed by atoms with E-state index in [2.05, 4.69) is 6.07 Å². The van der Waals surface area contributed by atoms with E-state index in [-0.39, 0.29) is 0 Å². The van der Waals surface area contributed by atoms with Gasteiger partial charge in [-0.05, 0) is 37.3 Å². The molecule has 1 heterocycles. The highest BCUT2D eigenvalue weighted by Gasteiger charge is 2.29. The Morgan fingerprint density at radius 2 is 1.40 bits per heavy atom. The second-order valence-electron chi connectivity index (χ2n) is 5.36. The Labute approximate surface area is 149 Å². The third-order valence-electron chi connectivity index (χ3n) is 3.63. The molecule has 4 nitrogen and oxygen atoms in total. The summed E-state index contributed by atoms with van der Waals surface area (Å²) in [5.41, 5.74) is 1.10. The summed E-state index contributed by atoms with van der Waals surface area (Å²) in [6.07, 6.45) is 0. The summed E-state index contributed by atoms with van der Waals surface area (Å²) in [6, 6.07) is 20.9. The maximum Gasteiger partial charge on any atom is 0.265 e. The van der Waals surface area contributed by atoms with Crippen molar-refractivity contribution in [1.29, 1.82) is 5.26 Å². The van der Waals surface area contributed by atoms with E-state index in [0.717, 1.165) is 9.78 Å². The maximum absolute atomic E-state index is 13.0. The van der Waals surface area contributed by atoms with Gasteiger partial charge in [-0.25, -0.2) is 4.90 Å². The fourth-order valence-electron chi connectivity index (χ4n) is 2.48. The highest BCUT2D eigenvalue weighted by atomic mass is 32.1. The topological polar surface area (TPSA) is 61.2 Å². The van der Waals surface area contributed by atoms with Crippen LogP contribution in [0.25, 0.3) is 0 Å². The van der Waals surface area contributed by atoms with Crippen LogP contribution in [-0.4, -0.2) is 11.8 Å². The number of thiophene rings is 1. The Kier molecular flexibility index (Phi) is 4.73. The van der Waals surface area contributed by atoms with Crippen LogP contribution in [0, 0.1) is 18.3 Å². The minimum atomic E-state index is -0.455. The van der Waals surface area contributed by atoms with Crippen LogP contribution in [0.3, 0.4) is 0 Å². The maximum atomic E-state index is 13.0. The number of amides is 2. The van der Waals surface area contributed by atoms with Crippen molar-refractivity contribution in [2.45, 2.75) is 6.92 Å². The largest absolute Gasteiger partial charge is 0.268 e. The summed E-state index contributed by atoms with van der Waals surface area (Å²) in [5, 5.41) is 9.40. The van der Waals surface area contributed by atoms with Crippen LogP contribution in [0.5, 0.6) is 0 Å². The number of nitriles is 1. The van der Waals surface area contributed by atoms with Gasteiger partial charge in [0.1, 0.15) is 10.9 Å². The summed E-state index contributed by atoms with van der Waals surface area (Å²) in [5.74, 6) is -0.910. The number of carbonyl (C=O) groups excluding carboxylic acids is 2. The van der Waals surface area contributed by atoms with Crippen molar-refractivity contribution in [2.24, 2.45) is 0 Å². The van der Waals surface area contributed by atoms with Gasteiger partial charge in [0.2, 0.25) is 0 Å². The summed E-state index contributed by atoms with van der Waals surface area (Å²) in [6.45, 7) is 1.84. The van der Waals surface area contributed by atoms with E-state index >= 15 is 0 Å². The molecule has 0 aliphatic carbocycles. The molecule has 25 heavy (non-hydrogen) atoms. The van der Waals surface area contributed by atoms with Crippen molar-refractivity contribution >= 4 is 28.8 Å². The SMILES string of the molecule is Cc1cc(N(C(=O)c2ccccc2)C(=O)c2ccccc2)c(C#N)s1. The Bertz CT molecular complexity index is 905. The Hall–Kier alpha value is -3.23. The molecule has 2 amide bonds. The highest BCUT2D eigenvalue weighted by Crippen LogP contribution is 2.31. The molecule has 122 valence electrons. The molecule has 2 aromatic carbocycles. The summed E-state index contributed by atoms with van der Waals surface area (Å²) in [7, 11) is 0. The third-order valence-corrected chi connectivity index (χ3v) is 4.57. The number of anilines is 1. The van der Waals surface area contributed by atoms with E-state index in [1.165, 1.54) is 11.3 Å². The standard InChI is InChI=1S/C20H14N2O2S/c1-14-12-17(18(13-21)25-14)22(19(23)15-8-4-2-5-9-15)20(24)16-10-6-3-7-11-16/h2-12H,1H3. The number of imide groups is 1. The second kappa shape index (κ2) is 7.12. The summed E-state index contributed by atoms with van der Waals surface area (Å²) in [4.78, 5) is 28.4. The van der Waals surface area contributed by atoms with Crippen LogP contribution < -0.4 is 4.90 Å². The van der Waals surface area contributed by atoms with Crippen molar-refractivity contribution in [3.8, 4) is 6.07 Å². The monoisotopic (exact) mass is 346 g/mol. The molecule has 0 saturated heterocycles. The van der Waals surface area contributed by atoms with Crippen LogP contribution in [0.15, 0.2) is 66.7 Å². The molecule has 1 aromatic heterocycles. The molecule has 0 fully saturated rings. The van der Waals surface area contributed by atoms with E-state index in [9.17, 15) is 14.9 Å². The first-order valence-electron chi connectivity index (χ1n) is 7.61. The first-order valence-corrected chi connectivity index (χ1v) is 8.43. The van der Waals surface area contributed by atoms with Gasteiger partial charge in [0.05, 0.1) is 5.69 Å². The number of hydrogen-bond acceptors (Lipinski definition) is 4. The van der Waals surface area contributed by atoms with E-state index < -0.39 is 11.8 Å². The van der Waals surface area contributed by atoms with Crippen LogP contribution in [-0.2, 0) is 0 Å². The summed E-state index contributed by atoms with van der Waals surface area (Å²) < 4.78 is 0. The average Bonchev–Trinajstić information content (AvgIpc) is 3.03. The number of aryl methyl sites for hydroxylation is 1. The minimum Gasteiger partial charge on any atom is -0.268 e. The number of rotatable bonds is 3. The quantitative estimate of drug-likeness (QED) is 0.660. The molecule has 3 aromatic rings. The Morgan fingerprint density at radius 1 is 0.920 bits per heavy atom. The third kappa shape index (κ3) is 3.35. The van der Waals surface area contributed by atoms with E-state index in [1.807, 2.05) is 6.92 Å². The molecule has 0 radical (unpaired) electrons. The van der Waals surface area contributed by atoms with Gasteiger partial charge in [-0.15, -0.1) is 11.3 Å². The van der Waals surface area contributed by atoms with Crippen molar-refractivity contribution < 1.29 is 9.59 Å². The lowest BCUT2D eigenvalue weighted by Crippen LogP contribution is -2.37. The molecular formula is C20H14N2O2S. The van der Waals surface area contributed by atoms with Gasteiger partial charge < -0.3 is 0 Å². The van der Waals surface area contributed by atoms with Crippen LogP contribution >= 0.6 is 11.3 Å². The first kappa shape index (κ1) is 16.6. The van der Waals surface area contributed by atoms with Gasteiger partial charge in [0, 0.05) is 16.0 Å². The number of benzene rings is 2. The minimum absolute atomic E-state index is 0.327. The smallest absolute Gasteiger partial charge is 0.265 e. The zero-order chi connectivity index (χ0) is 17.8. The average molecular weight is 346 g/mol. The van der Waals surface area contributed by atoms with Crippen molar-refractivity contribution in [3.05, 3.63) is 87.6 Å². The fourth-order valence-corrected chi connectivity index (χ4v) is 3.27. The first-order chi connectivity index (χ1) is 12.1. The fraction of sp³-hybridized carbons (Fsp3) is 0.0500. The van der Waals surface area contributed by atoms with Gasteiger partial charge >= 0.3 is 0 Å². The molecule has 3 rings (SSSR count). The number of hydrogen-bond donors (Lipinski definition) is 0. The molecular weight excluding hydrogens is 332 g/mol. The lowest BCUT2D eigenvalue weighted by Gasteiger charge is -2.20. The normalized spacial score (nSPS) is 10.1. The molecule has 0 spiro atoms. The van der Waals surface area contributed by atoms with Gasteiger partial charge in [-0.2, -0.15) is 5.26 Å². The molecule has 0 N–H and O–H groups in total. The van der Waals surface area contributed by atoms with Crippen molar-refractivity contribution in [3.63, 3.8) is 0 Å². The number of nitrogens with zero attached hydrogens (tertiary/aromatic N) is 2. The van der Waals surface area contributed by atoms with Crippen LogP contribution in [0.2, 0.25) is 0 Å².